The minimum Gasteiger partial charge on any atom is -0.351 e. The lowest BCUT2D eigenvalue weighted by molar-refractivity contribution is -0.121. The molecule has 0 aromatic heterocycles. The molecular formula is C13H27N3O. The predicted octanol–water partition coefficient (Wildman–Crippen LogP) is 0.975. The minimum absolute atomic E-state index is 0.100. The third-order valence-corrected chi connectivity index (χ3v) is 3.06. The van der Waals surface area contributed by atoms with Crippen LogP contribution in [0.1, 0.15) is 40.0 Å². The molecule has 0 bridgehead atoms. The van der Waals surface area contributed by atoms with Crippen molar-refractivity contribution >= 4 is 5.91 Å². The van der Waals surface area contributed by atoms with Gasteiger partial charge in [0.25, 0.3) is 0 Å². The largest absolute Gasteiger partial charge is 0.351 e. The van der Waals surface area contributed by atoms with Crippen LogP contribution in [0, 0.1) is 0 Å². The number of nitrogens with one attached hydrogen (secondary N) is 2. The van der Waals surface area contributed by atoms with Crippen molar-refractivity contribution in [3.05, 3.63) is 0 Å². The Labute approximate surface area is 105 Å². The molecule has 2 N–H and O–H groups in total. The molecule has 1 rings (SSSR count). The van der Waals surface area contributed by atoms with Crippen molar-refractivity contribution in [2.24, 2.45) is 0 Å². The molecule has 1 atom stereocenters. The molecule has 1 heterocycles. The molecule has 1 fully saturated rings. The monoisotopic (exact) mass is 241 g/mol. The highest BCUT2D eigenvalue weighted by Crippen LogP contribution is 2.08. The maximum Gasteiger partial charge on any atom is 0.234 e. The number of hydrogen-bond acceptors (Lipinski definition) is 3. The van der Waals surface area contributed by atoms with Gasteiger partial charge in [0.05, 0.1) is 6.54 Å². The van der Waals surface area contributed by atoms with Gasteiger partial charge in [-0.15, -0.1) is 0 Å². The Morgan fingerprint density at radius 3 is 2.41 bits per heavy atom. The van der Waals surface area contributed by atoms with Crippen LogP contribution in [-0.2, 0) is 4.79 Å². The van der Waals surface area contributed by atoms with Gasteiger partial charge >= 0.3 is 0 Å². The van der Waals surface area contributed by atoms with E-state index in [1.165, 1.54) is 32.4 Å². The Morgan fingerprint density at radius 1 is 1.18 bits per heavy atom. The number of likely N-dealkylation sites (tertiary alicyclic amines) is 1. The van der Waals surface area contributed by atoms with E-state index in [9.17, 15) is 4.79 Å². The van der Waals surface area contributed by atoms with Gasteiger partial charge in [0.15, 0.2) is 0 Å². The first-order valence-corrected chi connectivity index (χ1v) is 6.83. The van der Waals surface area contributed by atoms with Crippen LogP contribution >= 0.6 is 0 Å². The van der Waals surface area contributed by atoms with Crippen LogP contribution in [0.4, 0.5) is 0 Å². The van der Waals surface area contributed by atoms with Crippen molar-refractivity contribution in [1.82, 2.24) is 15.5 Å². The zero-order valence-electron chi connectivity index (χ0n) is 11.5. The molecule has 4 nitrogen and oxygen atoms in total. The minimum atomic E-state index is 0.100. The summed E-state index contributed by atoms with van der Waals surface area (Å²) in [5, 5.41) is 6.17. The molecule has 0 aromatic carbocycles. The summed E-state index contributed by atoms with van der Waals surface area (Å²) in [6.45, 7) is 9.95. The third kappa shape index (κ3) is 6.64. The Kier molecular flexibility index (Phi) is 6.52. The Balaban J connectivity index is 2.14. The molecule has 4 heteroatoms. The number of carbonyl (C=O) groups is 1. The fraction of sp³-hybridized carbons (Fsp3) is 0.923. The molecule has 0 aliphatic carbocycles. The van der Waals surface area contributed by atoms with Gasteiger partial charge < -0.3 is 15.5 Å². The Bertz CT molecular complexity index is 225. The number of nitrogens with zero attached hydrogens (tertiary/aromatic N) is 1. The van der Waals surface area contributed by atoms with Crippen LogP contribution < -0.4 is 10.6 Å². The predicted molar refractivity (Wildman–Crippen MR) is 71.0 cm³/mol. The second-order valence-corrected chi connectivity index (χ2v) is 5.37. The maximum absolute atomic E-state index is 11.6. The summed E-state index contributed by atoms with van der Waals surface area (Å²) >= 11 is 0. The van der Waals surface area contributed by atoms with E-state index in [2.05, 4.69) is 22.5 Å². The van der Waals surface area contributed by atoms with Gasteiger partial charge in [0.2, 0.25) is 5.91 Å². The fourth-order valence-electron chi connectivity index (χ4n) is 2.20. The summed E-state index contributed by atoms with van der Waals surface area (Å²) in [5.41, 5.74) is 0. The second kappa shape index (κ2) is 7.67. The van der Waals surface area contributed by atoms with E-state index >= 15 is 0 Å². The maximum atomic E-state index is 11.6. The van der Waals surface area contributed by atoms with Gasteiger partial charge in [0.1, 0.15) is 0 Å². The SMILES string of the molecule is CC(C)NCC(=O)NC(C)CN1CCCCC1. The molecule has 0 aromatic rings. The van der Waals surface area contributed by atoms with Crippen LogP contribution in [0.2, 0.25) is 0 Å². The Hall–Kier alpha value is -0.610. The number of amides is 1. The van der Waals surface area contributed by atoms with Crippen molar-refractivity contribution in [2.75, 3.05) is 26.2 Å². The van der Waals surface area contributed by atoms with Gasteiger partial charge in [-0.1, -0.05) is 20.3 Å². The molecule has 1 aliphatic rings. The van der Waals surface area contributed by atoms with Gasteiger partial charge in [0, 0.05) is 18.6 Å². The number of rotatable bonds is 6. The van der Waals surface area contributed by atoms with Crippen molar-refractivity contribution < 1.29 is 4.79 Å². The highest BCUT2D eigenvalue weighted by atomic mass is 16.2. The highest BCUT2D eigenvalue weighted by Gasteiger charge is 2.14. The average molecular weight is 241 g/mol. The van der Waals surface area contributed by atoms with Crippen molar-refractivity contribution in [3.8, 4) is 0 Å². The molecular weight excluding hydrogens is 214 g/mol. The topological polar surface area (TPSA) is 44.4 Å². The van der Waals surface area contributed by atoms with E-state index in [1.54, 1.807) is 0 Å². The first-order valence-electron chi connectivity index (χ1n) is 6.83. The lowest BCUT2D eigenvalue weighted by Crippen LogP contribution is -2.46. The van der Waals surface area contributed by atoms with E-state index in [1.807, 2.05) is 13.8 Å². The Morgan fingerprint density at radius 2 is 1.82 bits per heavy atom. The van der Waals surface area contributed by atoms with Gasteiger partial charge in [-0.2, -0.15) is 0 Å². The molecule has 1 saturated heterocycles. The summed E-state index contributed by atoms with van der Waals surface area (Å²) in [7, 11) is 0. The highest BCUT2D eigenvalue weighted by molar-refractivity contribution is 5.78. The van der Waals surface area contributed by atoms with Crippen molar-refractivity contribution in [2.45, 2.75) is 52.1 Å². The van der Waals surface area contributed by atoms with E-state index in [4.69, 9.17) is 0 Å². The van der Waals surface area contributed by atoms with Crippen molar-refractivity contribution in [1.29, 1.82) is 0 Å². The second-order valence-electron chi connectivity index (χ2n) is 5.37. The van der Waals surface area contributed by atoms with E-state index in [0.717, 1.165) is 6.54 Å². The summed E-state index contributed by atoms with van der Waals surface area (Å²) in [6, 6.07) is 0.604. The van der Waals surface area contributed by atoms with Crippen LogP contribution in [-0.4, -0.2) is 49.1 Å². The molecule has 0 saturated carbocycles. The van der Waals surface area contributed by atoms with E-state index in [0.29, 0.717) is 12.6 Å². The van der Waals surface area contributed by atoms with Crippen molar-refractivity contribution in [3.63, 3.8) is 0 Å². The summed E-state index contributed by atoms with van der Waals surface area (Å²) in [6.07, 6.45) is 3.96. The quantitative estimate of drug-likeness (QED) is 0.728. The molecule has 0 spiro atoms. The van der Waals surface area contributed by atoms with Gasteiger partial charge in [-0.05, 0) is 32.9 Å². The zero-order valence-corrected chi connectivity index (χ0v) is 11.5. The fourth-order valence-corrected chi connectivity index (χ4v) is 2.20. The van der Waals surface area contributed by atoms with Crippen LogP contribution in [0.15, 0.2) is 0 Å². The molecule has 1 amide bonds. The standard InChI is InChI=1S/C13H27N3O/c1-11(2)14-9-13(17)15-12(3)10-16-7-5-4-6-8-16/h11-12,14H,4-10H2,1-3H3,(H,15,17). The zero-order chi connectivity index (χ0) is 12.7. The summed E-state index contributed by atoms with van der Waals surface area (Å²) < 4.78 is 0. The lowest BCUT2D eigenvalue weighted by Gasteiger charge is -2.29. The van der Waals surface area contributed by atoms with Crippen LogP contribution in [0.5, 0.6) is 0 Å². The van der Waals surface area contributed by atoms with Crippen LogP contribution in [0.3, 0.4) is 0 Å². The molecule has 0 radical (unpaired) electrons. The number of piperidine rings is 1. The molecule has 17 heavy (non-hydrogen) atoms. The summed E-state index contributed by atoms with van der Waals surface area (Å²) in [4.78, 5) is 14.1. The smallest absolute Gasteiger partial charge is 0.234 e. The first-order chi connectivity index (χ1) is 8.08. The molecule has 100 valence electrons. The lowest BCUT2D eigenvalue weighted by atomic mass is 10.1. The van der Waals surface area contributed by atoms with E-state index in [-0.39, 0.29) is 11.9 Å². The van der Waals surface area contributed by atoms with Gasteiger partial charge in [-0.3, -0.25) is 4.79 Å². The van der Waals surface area contributed by atoms with Gasteiger partial charge in [-0.25, -0.2) is 0 Å². The molecule has 1 aliphatic heterocycles. The van der Waals surface area contributed by atoms with Crippen LogP contribution in [0.25, 0.3) is 0 Å². The molecule has 1 unspecified atom stereocenters. The normalized spacial score (nSPS) is 19.3. The van der Waals surface area contributed by atoms with E-state index < -0.39 is 0 Å². The summed E-state index contributed by atoms with van der Waals surface area (Å²) in [5.74, 6) is 0.100. The number of hydrogen-bond donors (Lipinski definition) is 2. The average Bonchev–Trinajstić information content (AvgIpc) is 2.27. The third-order valence-electron chi connectivity index (χ3n) is 3.06. The first kappa shape index (κ1) is 14.5. The number of carbonyl (C=O) groups excluding carboxylic acids is 1.